The number of nitrogens with one attached hydrogen (secondary N) is 2. The zero-order valence-corrected chi connectivity index (χ0v) is 19.7. The first kappa shape index (κ1) is 23.6. The van der Waals surface area contributed by atoms with Crippen LogP contribution in [-0.2, 0) is 10.0 Å². The molecule has 1 amide bonds. The number of hydrogen-bond donors (Lipinski definition) is 2. The average Bonchev–Trinajstić information content (AvgIpc) is 2.75. The summed E-state index contributed by atoms with van der Waals surface area (Å²) in [5.74, 6) is 0.307. The number of sulfonamides is 1. The molecule has 0 aliphatic heterocycles. The Kier molecular flexibility index (Phi) is 7.43. The number of ether oxygens (including phenoxy) is 1. The molecule has 0 radical (unpaired) electrons. The van der Waals surface area contributed by atoms with E-state index < -0.39 is 15.9 Å². The van der Waals surface area contributed by atoms with E-state index in [0.717, 1.165) is 16.9 Å². The fourth-order valence-corrected chi connectivity index (χ4v) is 4.51. The molecule has 0 fully saturated rings. The van der Waals surface area contributed by atoms with Crippen LogP contribution in [0.5, 0.6) is 5.75 Å². The van der Waals surface area contributed by atoms with Crippen molar-refractivity contribution in [1.82, 2.24) is 5.32 Å². The standard InChI is InChI=1S/C24H25ClN2O4S/c1-16-4-8-20(9-5-16)27-32(29,30)23-15-19(7-11-22(23)25)24(28)26-12-13-31-21-10-6-17(2)18(3)14-21/h4-11,14-15,27H,12-13H2,1-3H3,(H,26,28). The zero-order valence-electron chi connectivity index (χ0n) is 18.1. The van der Waals surface area contributed by atoms with Gasteiger partial charge in [-0.2, -0.15) is 0 Å². The van der Waals surface area contributed by atoms with Crippen LogP contribution < -0.4 is 14.8 Å². The number of benzene rings is 3. The summed E-state index contributed by atoms with van der Waals surface area (Å²) in [6.45, 7) is 6.48. The van der Waals surface area contributed by atoms with Gasteiger partial charge in [-0.25, -0.2) is 8.42 Å². The summed E-state index contributed by atoms with van der Waals surface area (Å²) < 4.78 is 33.7. The number of carbonyl (C=O) groups excluding carboxylic acids is 1. The molecule has 3 aromatic carbocycles. The molecule has 0 saturated heterocycles. The van der Waals surface area contributed by atoms with Gasteiger partial charge in [-0.15, -0.1) is 0 Å². The van der Waals surface area contributed by atoms with E-state index in [-0.39, 0.29) is 28.6 Å². The van der Waals surface area contributed by atoms with E-state index in [1.54, 1.807) is 24.3 Å². The Morgan fingerprint density at radius 2 is 1.66 bits per heavy atom. The van der Waals surface area contributed by atoms with E-state index in [1.807, 2.05) is 39.0 Å². The van der Waals surface area contributed by atoms with Crippen LogP contribution in [0.25, 0.3) is 0 Å². The van der Waals surface area contributed by atoms with Crippen LogP contribution in [0.2, 0.25) is 5.02 Å². The van der Waals surface area contributed by atoms with E-state index in [2.05, 4.69) is 10.0 Å². The Morgan fingerprint density at radius 3 is 2.34 bits per heavy atom. The minimum Gasteiger partial charge on any atom is -0.492 e. The molecule has 0 aromatic heterocycles. The Hall–Kier alpha value is -3.03. The van der Waals surface area contributed by atoms with Gasteiger partial charge in [-0.1, -0.05) is 35.4 Å². The summed E-state index contributed by atoms with van der Waals surface area (Å²) in [6, 6.07) is 16.8. The first-order valence-electron chi connectivity index (χ1n) is 10.0. The van der Waals surface area contributed by atoms with Gasteiger partial charge in [0.1, 0.15) is 17.3 Å². The van der Waals surface area contributed by atoms with Crippen molar-refractivity contribution in [1.29, 1.82) is 0 Å². The van der Waals surface area contributed by atoms with Gasteiger partial charge in [0.05, 0.1) is 11.6 Å². The Balaban J connectivity index is 1.64. The average molecular weight is 473 g/mol. The third kappa shape index (κ3) is 6.02. The number of amides is 1. The van der Waals surface area contributed by atoms with Gasteiger partial charge in [0.2, 0.25) is 0 Å². The first-order chi connectivity index (χ1) is 15.2. The van der Waals surface area contributed by atoms with Crippen molar-refractivity contribution < 1.29 is 17.9 Å². The summed E-state index contributed by atoms with van der Waals surface area (Å²) in [4.78, 5) is 12.3. The molecule has 8 heteroatoms. The third-order valence-corrected chi connectivity index (χ3v) is 6.78. The number of rotatable bonds is 8. The van der Waals surface area contributed by atoms with E-state index in [9.17, 15) is 13.2 Å². The predicted octanol–water partition coefficient (Wildman–Crippen LogP) is 4.87. The molecule has 0 atom stereocenters. The van der Waals surface area contributed by atoms with E-state index in [0.29, 0.717) is 5.69 Å². The molecule has 168 valence electrons. The maximum Gasteiger partial charge on any atom is 0.263 e. The molecule has 0 spiro atoms. The second-order valence-electron chi connectivity index (χ2n) is 7.47. The molecular weight excluding hydrogens is 448 g/mol. The topological polar surface area (TPSA) is 84.5 Å². The molecule has 32 heavy (non-hydrogen) atoms. The smallest absolute Gasteiger partial charge is 0.263 e. The van der Waals surface area contributed by atoms with E-state index >= 15 is 0 Å². The number of carbonyl (C=O) groups is 1. The molecule has 0 heterocycles. The molecule has 0 aliphatic rings. The lowest BCUT2D eigenvalue weighted by Crippen LogP contribution is -2.28. The van der Waals surface area contributed by atoms with Gasteiger partial charge in [0, 0.05) is 11.3 Å². The highest BCUT2D eigenvalue weighted by Gasteiger charge is 2.20. The van der Waals surface area contributed by atoms with Crippen molar-refractivity contribution in [2.75, 3.05) is 17.9 Å². The molecule has 3 aromatic rings. The SMILES string of the molecule is Cc1ccc(NS(=O)(=O)c2cc(C(=O)NCCOc3ccc(C)c(C)c3)ccc2Cl)cc1. The van der Waals surface area contributed by atoms with Gasteiger partial charge in [-0.3, -0.25) is 9.52 Å². The van der Waals surface area contributed by atoms with Crippen molar-refractivity contribution in [3.8, 4) is 5.75 Å². The van der Waals surface area contributed by atoms with Crippen LogP contribution in [0.1, 0.15) is 27.0 Å². The summed E-state index contributed by atoms with van der Waals surface area (Å²) in [5.41, 5.74) is 3.90. The predicted molar refractivity (Wildman–Crippen MR) is 127 cm³/mol. The van der Waals surface area contributed by atoms with Gasteiger partial charge in [-0.05, 0) is 74.4 Å². The van der Waals surface area contributed by atoms with Crippen LogP contribution in [0, 0.1) is 20.8 Å². The van der Waals surface area contributed by atoms with E-state index in [1.165, 1.54) is 23.8 Å². The lowest BCUT2D eigenvalue weighted by atomic mass is 10.1. The number of hydrogen-bond acceptors (Lipinski definition) is 4. The van der Waals surface area contributed by atoms with Crippen molar-refractivity contribution in [2.24, 2.45) is 0 Å². The minimum absolute atomic E-state index is 0.0271. The van der Waals surface area contributed by atoms with Gasteiger partial charge in [0.25, 0.3) is 15.9 Å². The van der Waals surface area contributed by atoms with Crippen molar-refractivity contribution in [3.63, 3.8) is 0 Å². The molecule has 3 rings (SSSR count). The summed E-state index contributed by atoms with van der Waals surface area (Å²) in [5, 5.41) is 2.75. The van der Waals surface area contributed by atoms with Crippen molar-refractivity contribution in [3.05, 3.63) is 87.9 Å². The highest BCUT2D eigenvalue weighted by molar-refractivity contribution is 7.92. The Morgan fingerprint density at radius 1 is 0.938 bits per heavy atom. The lowest BCUT2D eigenvalue weighted by molar-refractivity contribution is 0.0947. The summed E-state index contributed by atoms with van der Waals surface area (Å²) in [6.07, 6.45) is 0. The third-order valence-electron chi connectivity index (χ3n) is 4.92. The highest BCUT2D eigenvalue weighted by Crippen LogP contribution is 2.25. The molecule has 2 N–H and O–H groups in total. The second kappa shape index (κ2) is 10.1. The molecule has 0 aliphatic carbocycles. The van der Waals surface area contributed by atoms with Crippen LogP contribution >= 0.6 is 11.6 Å². The molecule has 0 saturated carbocycles. The van der Waals surface area contributed by atoms with Crippen LogP contribution in [0.4, 0.5) is 5.69 Å². The summed E-state index contributed by atoms with van der Waals surface area (Å²) in [7, 11) is -3.97. The van der Waals surface area contributed by atoms with E-state index in [4.69, 9.17) is 16.3 Å². The van der Waals surface area contributed by atoms with Crippen LogP contribution in [0.3, 0.4) is 0 Å². The largest absolute Gasteiger partial charge is 0.492 e. The van der Waals surface area contributed by atoms with Gasteiger partial charge >= 0.3 is 0 Å². The monoisotopic (exact) mass is 472 g/mol. The van der Waals surface area contributed by atoms with Crippen LogP contribution in [-0.4, -0.2) is 27.5 Å². The van der Waals surface area contributed by atoms with Crippen LogP contribution in [0.15, 0.2) is 65.6 Å². The Labute approximate surface area is 193 Å². The van der Waals surface area contributed by atoms with Gasteiger partial charge < -0.3 is 10.1 Å². The number of aryl methyl sites for hydroxylation is 3. The molecule has 6 nitrogen and oxygen atoms in total. The van der Waals surface area contributed by atoms with Gasteiger partial charge in [0.15, 0.2) is 0 Å². The second-order valence-corrected chi connectivity index (χ2v) is 9.53. The molecular formula is C24H25ClN2O4S. The number of anilines is 1. The number of halogens is 1. The Bertz CT molecular complexity index is 1230. The minimum atomic E-state index is -3.97. The molecule has 0 bridgehead atoms. The fourth-order valence-electron chi connectivity index (χ4n) is 2.92. The maximum atomic E-state index is 12.8. The normalized spacial score (nSPS) is 11.1. The molecule has 0 unspecified atom stereocenters. The van der Waals surface area contributed by atoms with Crippen molar-refractivity contribution in [2.45, 2.75) is 25.7 Å². The fraction of sp³-hybridized carbons (Fsp3) is 0.208. The quantitative estimate of drug-likeness (QED) is 0.458. The lowest BCUT2D eigenvalue weighted by Gasteiger charge is -2.12. The zero-order chi connectivity index (χ0) is 23.3. The summed E-state index contributed by atoms with van der Waals surface area (Å²) >= 11 is 6.12. The highest BCUT2D eigenvalue weighted by atomic mass is 35.5. The maximum absolute atomic E-state index is 12.8. The van der Waals surface area contributed by atoms with Crippen molar-refractivity contribution >= 4 is 33.2 Å². The first-order valence-corrected chi connectivity index (χ1v) is 11.9.